The molecule has 0 unspecified atom stereocenters. The lowest BCUT2D eigenvalue weighted by atomic mass is 10.1. The molecule has 0 N–H and O–H groups in total. The van der Waals surface area contributed by atoms with E-state index in [1.165, 1.54) is 0 Å². The highest BCUT2D eigenvalue weighted by molar-refractivity contribution is 6.72. The topological polar surface area (TPSA) is 74.2 Å². The SMILES string of the molecule is CC(C)(C)O/N=C(/CCCC(=O)O[Si](C)(C)C)C(=O)O[Si](C)(C)C. The molecule has 0 aliphatic heterocycles. The molecule has 0 aromatic carbocycles. The van der Waals surface area contributed by atoms with Crippen LogP contribution in [-0.4, -0.2) is 39.9 Å². The number of oxime groups is 1. The monoisotopic (exact) mass is 375 g/mol. The molecule has 0 fully saturated rings. The van der Waals surface area contributed by atoms with Gasteiger partial charge in [-0.1, -0.05) is 5.16 Å². The van der Waals surface area contributed by atoms with Gasteiger partial charge in [-0.15, -0.1) is 0 Å². The number of rotatable bonds is 8. The molecule has 0 atom stereocenters. The van der Waals surface area contributed by atoms with E-state index in [-0.39, 0.29) is 18.1 Å². The van der Waals surface area contributed by atoms with Gasteiger partial charge in [0, 0.05) is 12.8 Å². The highest BCUT2D eigenvalue weighted by Gasteiger charge is 2.25. The molecule has 0 bridgehead atoms. The summed E-state index contributed by atoms with van der Waals surface area (Å²) in [6.45, 7) is 17.2. The number of carbonyl (C=O) groups excluding carboxylic acids is 2. The predicted octanol–water partition coefficient (Wildman–Crippen LogP) is 4.08. The van der Waals surface area contributed by atoms with Crippen molar-refractivity contribution in [2.24, 2.45) is 5.16 Å². The van der Waals surface area contributed by atoms with Crippen molar-refractivity contribution in [2.75, 3.05) is 0 Å². The van der Waals surface area contributed by atoms with Crippen LogP contribution in [0.2, 0.25) is 39.3 Å². The van der Waals surface area contributed by atoms with Crippen molar-refractivity contribution in [3.8, 4) is 0 Å². The minimum Gasteiger partial charge on any atom is -0.520 e. The lowest BCUT2D eigenvalue weighted by molar-refractivity contribution is -0.135. The van der Waals surface area contributed by atoms with Gasteiger partial charge in [-0.3, -0.25) is 4.79 Å². The van der Waals surface area contributed by atoms with E-state index in [2.05, 4.69) is 5.16 Å². The van der Waals surface area contributed by atoms with Crippen LogP contribution in [0.25, 0.3) is 0 Å². The van der Waals surface area contributed by atoms with Crippen LogP contribution in [0, 0.1) is 0 Å². The van der Waals surface area contributed by atoms with Crippen LogP contribution in [-0.2, 0) is 23.3 Å². The van der Waals surface area contributed by atoms with Crippen molar-refractivity contribution < 1.29 is 23.3 Å². The lowest BCUT2D eigenvalue weighted by Crippen LogP contribution is -2.33. The third kappa shape index (κ3) is 13.3. The second-order valence-electron chi connectivity index (χ2n) is 8.68. The molecule has 0 saturated carbocycles. The Morgan fingerprint density at radius 1 is 0.875 bits per heavy atom. The molecule has 0 saturated heterocycles. The Morgan fingerprint density at radius 3 is 1.79 bits per heavy atom. The highest BCUT2D eigenvalue weighted by Crippen LogP contribution is 2.12. The Morgan fingerprint density at radius 2 is 1.38 bits per heavy atom. The summed E-state index contributed by atoms with van der Waals surface area (Å²) in [5.74, 6) is -0.694. The summed E-state index contributed by atoms with van der Waals surface area (Å²) in [6.07, 6.45) is 1.04. The second kappa shape index (κ2) is 8.80. The Kier molecular flexibility index (Phi) is 8.37. The maximum Gasteiger partial charge on any atom is 0.342 e. The maximum atomic E-state index is 12.3. The van der Waals surface area contributed by atoms with Crippen molar-refractivity contribution in [1.29, 1.82) is 0 Å². The molecule has 0 aliphatic rings. The van der Waals surface area contributed by atoms with E-state index >= 15 is 0 Å². The summed E-state index contributed by atoms with van der Waals surface area (Å²) in [6, 6.07) is 0. The highest BCUT2D eigenvalue weighted by atomic mass is 28.4. The van der Waals surface area contributed by atoms with E-state index in [0.717, 1.165) is 0 Å². The van der Waals surface area contributed by atoms with Crippen LogP contribution in [0.5, 0.6) is 0 Å². The quantitative estimate of drug-likeness (QED) is 0.363. The molecule has 0 amide bonds. The van der Waals surface area contributed by atoms with Gasteiger partial charge in [0.05, 0.1) is 0 Å². The van der Waals surface area contributed by atoms with Crippen LogP contribution in [0.4, 0.5) is 0 Å². The number of hydrogen-bond donors (Lipinski definition) is 0. The summed E-state index contributed by atoms with van der Waals surface area (Å²) >= 11 is 0. The normalized spacial score (nSPS) is 13.5. The molecule has 0 spiro atoms. The fourth-order valence-electron chi connectivity index (χ4n) is 1.51. The van der Waals surface area contributed by atoms with Gasteiger partial charge >= 0.3 is 5.97 Å². The molecule has 6 nitrogen and oxygen atoms in total. The average Bonchev–Trinajstić information content (AvgIpc) is 2.27. The van der Waals surface area contributed by atoms with Crippen molar-refractivity contribution in [3.05, 3.63) is 0 Å². The zero-order chi connectivity index (χ0) is 19.2. The molecule has 0 aliphatic carbocycles. The Bertz CT molecular complexity index is 470. The first-order valence-electron chi connectivity index (χ1n) is 8.29. The van der Waals surface area contributed by atoms with Crippen molar-refractivity contribution in [1.82, 2.24) is 0 Å². The average molecular weight is 376 g/mol. The van der Waals surface area contributed by atoms with Gasteiger partial charge in [0.2, 0.25) is 16.6 Å². The van der Waals surface area contributed by atoms with Crippen LogP contribution in [0.1, 0.15) is 40.0 Å². The van der Waals surface area contributed by atoms with Crippen LogP contribution in [0.15, 0.2) is 5.16 Å². The van der Waals surface area contributed by atoms with Gasteiger partial charge in [0.15, 0.2) is 5.71 Å². The van der Waals surface area contributed by atoms with Crippen LogP contribution in [0.3, 0.4) is 0 Å². The van der Waals surface area contributed by atoms with E-state index in [4.69, 9.17) is 13.7 Å². The van der Waals surface area contributed by atoms with Gasteiger partial charge < -0.3 is 13.7 Å². The smallest absolute Gasteiger partial charge is 0.342 e. The molecule has 140 valence electrons. The number of nitrogens with zero attached hydrogens (tertiary/aromatic N) is 1. The van der Waals surface area contributed by atoms with E-state index in [1.54, 1.807) is 0 Å². The minimum atomic E-state index is -2.02. The van der Waals surface area contributed by atoms with Gasteiger partial charge in [0.1, 0.15) is 5.60 Å². The van der Waals surface area contributed by atoms with E-state index in [1.807, 2.05) is 60.1 Å². The van der Waals surface area contributed by atoms with Gasteiger partial charge in [-0.2, -0.15) is 0 Å². The van der Waals surface area contributed by atoms with E-state index < -0.39 is 28.2 Å². The zero-order valence-corrected chi connectivity index (χ0v) is 18.6. The second-order valence-corrected chi connectivity index (χ2v) is 17.5. The molecule has 0 radical (unpaired) electrons. The Balaban J connectivity index is 4.78. The molecular formula is C16H33NO5Si2. The molecule has 0 heterocycles. The van der Waals surface area contributed by atoms with Gasteiger partial charge in [-0.25, -0.2) is 4.79 Å². The van der Waals surface area contributed by atoms with Gasteiger partial charge in [-0.05, 0) is 66.5 Å². The first-order chi connectivity index (χ1) is 10.6. The lowest BCUT2D eigenvalue weighted by Gasteiger charge is -2.20. The molecule has 0 rings (SSSR count). The van der Waals surface area contributed by atoms with E-state index in [9.17, 15) is 9.59 Å². The minimum absolute atomic E-state index is 0.216. The Hall–Kier alpha value is -1.16. The molecule has 8 heteroatoms. The van der Waals surface area contributed by atoms with Gasteiger partial charge in [0.25, 0.3) is 5.97 Å². The molecular weight excluding hydrogens is 342 g/mol. The fourth-order valence-corrected chi connectivity index (χ4v) is 2.97. The first kappa shape index (κ1) is 22.8. The van der Waals surface area contributed by atoms with E-state index in [0.29, 0.717) is 12.8 Å². The van der Waals surface area contributed by atoms with Crippen LogP contribution < -0.4 is 0 Å². The molecule has 24 heavy (non-hydrogen) atoms. The zero-order valence-electron chi connectivity index (χ0n) is 16.6. The predicted molar refractivity (Wildman–Crippen MR) is 101 cm³/mol. The molecule has 0 aromatic rings. The van der Waals surface area contributed by atoms with Crippen molar-refractivity contribution >= 4 is 34.3 Å². The third-order valence-corrected chi connectivity index (χ3v) is 3.92. The Labute approximate surface area is 148 Å². The summed E-state index contributed by atoms with van der Waals surface area (Å²) in [5.41, 5.74) is -0.283. The number of hydrogen-bond acceptors (Lipinski definition) is 6. The summed E-state index contributed by atoms with van der Waals surface area (Å²) < 4.78 is 10.9. The summed E-state index contributed by atoms with van der Waals surface area (Å²) in [5, 5.41) is 3.97. The fraction of sp³-hybridized carbons (Fsp3) is 0.812. The largest absolute Gasteiger partial charge is 0.520 e. The third-order valence-electron chi connectivity index (χ3n) is 2.28. The van der Waals surface area contributed by atoms with Crippen LogP contribution >= 0.6 is 0 Å². The molecule has 0 aromatic heterocycles. The first-order valence-corrected chi connectivity index (χ1v) is 15.1. The summed E-state index contributed by atoms with van der Waals surface area (Å²) in [7, 11) is -3.90. The maximum absolute atomic E-state index is 12.3. The van der Waals surface area contributed by atoms with Crippen molar-refractivity contribution in [3.63, 3.8) is 0 Å². The van der Waals surface area contributed by atoms with Crippen molar-refractivity contribution in [2.45, 2.75) is 84.9 Å². The number of carbonyl (C=O) groups is 2. The summed E-state index contributed by atoms with van der Waals surface area (Å²) in [4.78, 5) is 29.4. The standard InChI is InChI=1S/C16H33NO5Si2/c1-16(2,3)22-17-13(15(19)21-24(7,8)9)11-10-12-14(18)20-23(4,5)6/h10-12H2,1-9H3/b17-13-.